The van der Waals surface area contributed by atoms with Crippen LogP contribution in [-0.2, 0) is 9.84 Å². The lowest BCUT2D eigenvalue weighted by atomic mass is 10.3. The lowest BCUT2D eigenvalue weighted by Gasteiger charge is -1.99. The number of hydrogen-bond acceptors (Lipinski definition) is 3. The van der Waals surface area contributed by atoms with Gasteiger partial charge < -0.3 is 4.42 Å². The Bertz CT molecular complexity index is 753. The maximum absolute atomic E-state index is 12.3. The van der Waals surface area contributed by atoms with E-state index in [4.69, 9.17) is 4.42 Å². The van der Waals surface area contributed by atoms with E-state index in [0.717, 1.165) is 5.39 Å². The van der Waals surface area contributed by atoms with Crippen LogP contribution in [0.2, 0.25) is 0 Å². The Morgan fingerprint density at radius 3 is 2.22 bits per heavy atom. The molecule has 18 heavy (non-hydrogen) atoms. The largest absolute Gasteiger partial charge is 0.444 e. The van der Waals surface area contributed by atoms with E-state index in [1.807, 2.05) is 18.2 Å². The Labute approximate surface area is 105 Å². The summed E-state index contributed by atoms with van der Waals surface area (Å²) in [6, 6.07) is 17.1. The maximum atomic E-state index is 12.3. The summed E-state index contributed by atoms with van der Waals surface area (Å²) < 4.78 is 30.0. The number of benzene rings is 2. The van der Waals surface area contributed by atoms with Crippen molar-refractivity contribution in [1.82, 2.24) is 0 Å². The maximum Gasteiger partial charge on any atom is 0.239 e. The number of rotatable bonds is 2. The molecule has 0 bridgehead atoms. The van der Waals surface area contributed by atoms with Gasteiger partial charge in [0.25, 0.3) is 0 Å². The standard InChI is InChI=1S/C14H10O3S/c15-18(16,12-7-2-1-3-8-12)14-10-11-6-4-5-9-13(11)17-14/h1-10H. The second-order valence-corrected chi connectivity index (χ2v) is 5.80. The summed E-state index contributed by atoms with van der Waals surface area (Å²) in [5, 5.41) is 0.766. The van der Waals surface area contributed by atoms with Gasteiger partial charge >= 0.3 is 0 Å². The molecule has 0 atom stereocenters. The van der Waals surface area contributed by atoms with Crippen LogP contribution < -0.4 is 0 Å². The molecule has 0 saturated carbocycles. The normalized spacial score (nSPS) is 11.8. The highest BCUT2D eigenvalue weighted by molar-refractivity contribution is 7.91. The van der Waals surface area contributed by atoms with E-state index in [-0.39, 0.29) is 9.99 Å². The van der Waals surface area contributed by atoms with Gasteiger partial charge in [-0.05, 0) is 18.2 Å². The number of furan rings is 1. The molecule has 0 spiro atoms. The number of para-hydroxylation sites is 1. The smallest absolute Gasteiger partial charge is 0.239 e. The first-order valence-corrected chi connectivity index (χ1v) is 6.95. The molecule has 0 unspecified atom stereocenters. The van der Waals surface area contributed by atoms with Crippen molar-refractivity contribution in [3.63, 3.8) is 0 Å². The highest BCUT2D eigenvalue weighted by atomic mass is 32.2. The summed E-state index contributed by atoms with van der Waals surface area (Å²) in [7, 11) is -3.57. The van der Waals surface area contributed by atoms with Gasteiger partial charge in [0.1, 0.15) is 5.58 Å². The second kappa shape index (κ2) is 3.99. The van der Waals surface area contributed by atoms with Crippen LogP contribution in [0.25, 0.3) is 11.0 Å². The predicted octanol–water partition coefficient (Wildman–Crippen LogP) is 3.27. The second-order valence-electron chi connectivity index (χ2n) is 3.92. The van der Waals surface area contributed by atoms with Gasteiger partial charge in [0, 0.05) is 11.5 Å². The fraction of sp³-hybridized carbons (Fsp3) is 0. The van der Waals surface area contributed by atoms with Crippen LogP contribution in [0.15, 0.2) is 75.1 Å². The molecule has 0 saturated heterocycles. The zero-order valence-corrected chi connectivity index (χ0v) is 10.2. The van der Waals surface area contributed by atoms with E-state index in [0.29, 0.717) is 5.58 Å². The molecule has 1 heterocycles. The van der Waals surface area contributed by atoms with Crippen LogP contribution in [0.4, 0.5) is 0 Å². The molecule has 0 fully saturated rings. The molecule has 3 aromatic rings. The first kappa shape index (κ1) is 11.0. The molecule has 0 N–H and O–H groups in total. The van der Waals surface area contributed by atoms with E-state index < -0.39 is 9.84 Å². The highest BCUT2D eigenvalue weighted by Gasteiger charge is 2.21. The first-order valence-electron chi connectivity index (χ1n) is 5.47. The molecule has 0 amide bonds. The van der Waals surface area contributed by atoms with Gasteiger partial charge in [0.2, 0.25) is 14.9 Å². The van der Waals surface area contributed by atoms with Crippen molar-refractivity contribution in [2.45, 2.75) is 9.99 Å². The van der Waals surface area contributed by atoms with E-state index >= 15 is 0 Å². The van der Waals surface area contributed by atoms with Gasteiger partial charge in [0.15, 0.2) is 0 Å². The monoisotopic (exact) mass is 258 g/mol. The molecule has 0 aliphatic carbocycles. The molecule has 4 heteroatoms. The molecule has 1 aromatic heterocycles. The first-order chi connectivity index (χ1) is 8.68. The van der Waals surface area contributed by atoms with Crippen molar-refractivity contribution in [2.24, 2.45) is 0 Å². The third-order valence-corrected chi connectivity index (χ3v) is 4.34. The van der Waals surface area contributed by atoms with E-state index in [9.17, 15) is 8.42 Å². The Morgan fingerprint density at radius 2 is 1.50 bits per heavy atom. The topological polar surface area (TPSA) is 47.3 Å². The zero-order valence-electron chi connectivity index (χ0n) is 9.41. The van der Waals surface area contributed by atoms with Crippen LogP contribution >= 0.6 is 0 Å². The number of hydrogen-bond donors (Lipinski definition) is 0. The van der Waals surface area contributed by atoms with E-state index in [1.165, 1.54) is 0 Å². The predicted molar refractivity (Wildman–Crippen MR) is 68.1 cm³/mol. The Morgan fingerprint density at radius 1 is 0.833 bits per heavy atom. The lowest BCUT2D eigenvalue weighted by Crippen LogP contribution is -1.99. The SMILES string of the molecule is O=S(=O)(c1ccccc1)c1cc2ccccc2o1. The fourth-order valence-corrected chi connectivity index (χ4v) is 3.04. The minimum Gasteiger partial charge on any atom is -0.444 e. The quantitative estimate of drug-likeness (QED) is 0.708. The van der Waals surface area contributed by atoms with Gasteiger partial charge in [-0.15, -0.1) is 0 Å². The molecular weight excluding hydrogens is 248 g/mol. The average Bonchev–Trinajstić information content (AvgIpc) is 2.84. The number of sulfone groups is 1. The van der Waals surface area contributed by atoms with Crippen molar-refractivity contribution in [2.75, 3.05) is 0 Å². The average molecular weight is 258 g/mol. The minimum absolute atomic E-state index is 0.0186. The minimum atomic E-state index is -3.57. The molecule has 0 aliphatic rings. The Hall–Kier alpha value is -2.07. The van der Waals surface area contributed by atoms with Crippen molar-refractivity contribution >= 4 is 20.8 Å². The van der Waals surface area contributed by atoms with Crippen molar-refractivity contribution in [3.05, 3.63) is 60.7 Å². The van der Waals surface area contributed by atoms with Crippen LogP contribution in [0, 0.1) is 0 Å². The van der Waals surface area contributed by atoms with Crippen LogP contribution in [0.1, 0.15) is 0 Å². The number of fused-ring (bicyclic) bond motifs is 1. The molecule has 3 rings (SSSR count). The van der Waals surface area contributed by atoms with Crippen LogP contribution in [-0.4, -0.2) is 8.42 Å². The Balaban J connectivity index is 2.20. The van der Waals surface area contributed by atoms with Crippen LogP contribution in [0.5, 0.6) is 0 Å². The highest BCUT2D eigenvalue weighted by Crippen LogP contribution is 2.27. The Kier molecular flexibility index (Phi) is 2.45. The van der Waals surface area contributed by atoms with Crippen molar-refractivity contribution in [3.8, 4) is 0 Å². The van der Waals surface area contributed by atoms with Crippen molar-refractivity contribution < 1.29 is 12.8 Å². The summed E-state index contributed by atoms with van der Waals surface area (Å²) in [5.41, 5.74) is 0.576. The van der Waals surface area contributed by atoms with Gasteiger partial charge in [0.05, 0.1) is 4.90 Å². The van der Waals surface area contributed by atoms with Crippen molar-refractivity contribution in [1.29, 1.82) is 0 Å². The molecule has 3 nitrogen and oxygen atoms in total. The van der Waals surface area contributed by atoms with Gasteiger partial charge in [-0.3, -0.25) is 0 Å². The lowest BCUT2D eigenvalue weighted by molar-refractivity contribution is 0.482. The molecule has 2 aromatic carbocycles. The van der Waals surface area contributed by atoms with Gasteiger partial charge in [-0.1, -0.05) is 36.4 Å². The van der Waals surface area contributed by atoms with Gasteiger partial charge in [-0.25, -0.2) is 8.42 Å². The summed E-state index contributed by atoms with van der Waals surface area (Å²) in [6.45, 7) is 0. The molecule has 0 radical (unpaired) electrons. The van der Waals surface area contributed by atoms with Gasteiger partial charge in [-0.2, -0.15) is 0 Å². The molecule has 90 valence electrons. The molecular formula is C14H10O3S. The third-order valence-electron chi connectivity index (χ3n) is 2.72. The van der Waals surface area contributed by atoms with E-state index in [1.54, 1.807) is 42.5 Å². The zero-order chi connectivity index (χ0) is 12.6. The summed E-state index contributed by atoms with van der Waals surface area (Å²) in [4.78, 5) is 0.240. The fourth-order valence-electron chi connectivity index (χ4n) is 1.81. The van der Waals surface area contributed by atoms with Crippen LogP contribution in [0.3, 0.4) is 0 Å². The third kappa shape index (κ3) is 1.71. The summed E-state index contributed by atoms with van der Waals surface area (Å²) in [5.74, 6) is 0. The van der Waals surface area contributed by atoms with E-state index in [2.05, 4.69) is 0 Å². The summed E-state index contributed by atoms with van der Waals surface area (Å²) >= 11 is 0. The molecule has 0 aliphatic heterocycles. The summed E-state index contributed by atoms with van der Waals surface area (Å²) in [6.07, 6.45) is 0.